The van der Waals surface area contributed by atoms with E-state index in [0.29, 0.717) is 44.7 Å². The molecule has 3 aliphatic rings. The number of hydrogen-bond donors (Lipinski definition) is 2. The predicted molar refractivity (Wildman–Crippen MR) is 142 cm³/mol. The van der Waals surface area contributed by atoms with Crippen LogP contribution in [0.5, 0.6) is 0 Å². The topological polar surface area (TPSA) is 105 Å². The molecular weight excluding hydrogens is 480 g/mol. The van der Waals surface area contributed by atoms with Gasteiger partial charge in [0.05, 0.1) is 12.1 Å². The largest absolute Gasteiger partial charge is 0.444 e. The lowest BCUT2D eigenvalue weighted by molar-refractivity contribution is -0.139. The number of carbonyl (C=O) groups is 3. The molecule has 196 valence electrons. The van der Waals surface area contributed by atoms with Crippen LogP contribution in [0.4, 0.5) is 5.69 Å². The Morgan fingerprint density at radius 1 is 1.13 bits per heavy atom. The molecule has 0 bridgehead atoms. The van der Waals surface area contributed by atoms with Gasteiger partial charge in [0, 0.05) is 43.7 Å². The van der Waals surface area contributed by atoms with E-state index in [4.69, 9.17) is 4.42 Å². The van der Waals surface area contributed by atoms with Gasteiger partial charge in [-0.1, -0.05) is 36.4 Å². The van der Waals surface area contributed by atoms with Crippen molar-refractivity contribution in [1.82, 2.24) is 15.2 Å². The maximum Gasteiger partial charge on any atom is 0.227 e. The van der Waals surface area contributed by atoms with Gasteiger partial charge in [-0.2, -0.15) is 0 Å². The Kier molecular flexibility index (Phi) is 6.47. The van der Waals surface area contributed by atoms with Gasteiger partial charge >= 0.3 is 0 Å². The molecule has 0 saturated carbocycles. The summed E-state index contributed by atoms with van der Waals surface area (Å²) >= 11 is 0. The summed E-state index contributed by atoms with van der Waals surface area (Å²) in [6.07, 6.45) is 7.22. The van der Waals surface area contributed by atoms with Gasteiger partial charge in [-0.05, 0) is 60.3 Å². The molecule has 2 fully saturated rings. The molecule has 3 heterocycles. The number of anilines is 1. The smallest absolute Gasteiger partial charge is 0.227 e. The summed E-state index contributed by atoms with van der Waals surface area (Å²) in [5.41, 5.74) is 4.18. The molecule has 6 rings (SSSR count). The number of oxazole rings is 1. The first kappa shape index (κ1) is 24.4. The van der Waals surface area contributed by atoms with E-state index in [1.54, 1.807) is 6.20 Å². The lowest BCUT2D eigenvalue weighted by atomic mass is 9.73. The summed E-state index contributed by atoms with van der Waals surface area (Å²) in [4.78, 5) is 43.7. The van der Waals surface area contributed by atoms with Gasteiger partial charge in [-0.15, -0.1) is 0 Å². The Labute approximate surface area is 221 Å². The second-order valence-electron chi connectivity index (χ2n) is 10.8. The van der Waals surface area contributed by atoms with E-state index < -0.39 is 0 Å². The number of benzene rings is 2. The second kappa shape index (κ2) is 10.1. The van der Waals surface area contributed by atoms with Crippen LogP contribution in [-0.2, 0) is 19.8 Å². The molecule has 2 saturated heterocycles. The first-order chi connectivity index (χ1) is 18.5. The molecule has 2 N–H and O–H groups in total. The van der Waals surface area contributed by atoms with Crippen molar-refractivity contribution in [2.45, 2.75) is 49.9 Å². The Morgan fingerprint density at radius 3 is 2.74 bits per heavy atom. The maximum atomic E-state index is 13.2. The fraction of sp³-hybridized carbons (Fsp3) is 0.400. The first-order valence-electron chi connectivity index (χ1n) is 13.4. The van der Waals surface area contributed by atoms with Crippen LogP contribution in [0, 0.1) is 5.92 Å². The summed E-state index contributed by atoms with van der Waals surface area (Å²) in [5, 5.41) is 5.90. The summed E-state index contributed by atoms with van der Waals surface area (Å²) in [6, 6.07) is 16.1. The zero-order valence-electron chi connectivity index (χ0n) is 21.3. The quantitative estimate of drug-likeness (QED) is 0.532. The average molecular weight is 513 g/mol. The number of amides is 3. The number of hydrogen-bond acceptors (Lipinski definition) is 5. The van der Waals surface area contributed by atoms with E-state index in [0.717, 1.165) is 30.5 Å². The highest BCUT2D eigenvalue weighted by Crippen LogP contribution is 2.52. The summed E-state index contributed by atoms with van der Waals surface area (Å²) < 4.78 is 5.39. The van der Waals surface area contributed by atoms with Gasteiger partial charge in [-0.25, -0.2) is 4.98 Å². The van der Waals surface area contributed by atoms with E-state index in [-0.39, 0.29) is 35.0 Å². The average Bonchev–Trinajstić information content (AvgIpc) is 3.57. The minimum absolute atomic E-state index is 0.00863. The number of carbonyl (C=O) groups excluding carboxylic acids is 3. The Bertz CT molecular complexity index is 1330. The highest BCUT2D eigenvalue weighted by atomic mass is 16.3. The van der Waals surface area contributed by atoms with Gasteiger partial charge in [0.1, 0.15) is 0 Å². The van der Waals surface area contributed by atoms with Gasteiger partial charge in [0.15, 0.2) is 12.2 Å². The Hall–Kier alpha value is -3.94. The van der Waals surface area contributed by atoms with Crippen molar-refractivity contribution in [2.75, 3.05) is 25.0 Å². The van der Waals surface area contributed by atoms with Gasteiger partial charge in [0.25, 0.3) is 0 Å². The van der Waals surface area contributed by atoms with Crippen molar-refractivity contribution in [3.63, 3.8) is 0 Å². The van der Waals surface area contributed by atoms with E-state index in [9.17, 15) is 14.4 Å². The highest BCUT2D eigenvalue weighted by Gasteiger charge is 2.46. The molecule has 2 aliphatic heterocycles. The summed E-state index contributed by atoms with van der Waals surface area (Å²) in [7, 11) is 0. The molecule has 1 aliphatic carbocycles. The van der Waals surface area contributed by atoms with E-state index >= 15 is 0 Å². The van der Waals surface area contributed by atoms with E-state index in [1.165, 1.54) is 17.5 Å². The SMILES string of the molecule is O=C1CCC(C(=O)N2CCC3(CC2)CC(CC(=O)Nc2cccc(-c4cnco4)c2)c2ccccc23)CN1. The number of piperidine rings is 2. The monoisotopic (exact) mass is 512 g/mol. The zero-order chi connectivity index (χ0) is 26.1. The second-order valence-corrected chi connectivity index (χ2v) is 10.8. The van der Waals surface area contributed by atoms with Gasteiger partial charge in [-0.3, -0.25) is 14.4 Å². The van der Waals surface area contributed by atoms with Gasteiger partial charge < -0.3 is 20.0 Å². The molecule has 3 aromatic rings. The van der Waals surface area contributed by atoms with Crippen molar-refractivity contribution in [3.8, 4) is 11.3 Å². The molecule has 0 radical (unpaired) electrons. The molecular formula is C30H32N4O4. The van der Waals surface area contributed by atoms with Crippen LogP contribution < -0.4 is 10.6 Å². The lowest BCUT2D eigenvalue weighted by Crippen LogP contribution is -2.49. The van der Waals surface area contributed by atoms with Crippen LogP contribution in [0.3, 0.4) is 0 Å². The van der Waals surface area contributed by atoms with Crippen molar-refractivity contribution in [1.29, 1.82) is 0 Å². The number of nitrogens with zero attached hydrogens (tertiary/aromatic N) is 2. The molecule has 1 spiro atoms. The minimum Gasteiger partial charge on any atom is -0.444 e. The van der Waals surface area contributed by atoms with Crippen LogP contribution in [0.15, 0.2) is 65.5 Å². The normalized spacial score (nSPS) is 22.1. The number of nitrogens with one attached hydrogen (secondary N) is 2. The van der Waals surface area contributed by atoms with Crippen LogP contribution in [-0.4, -0.2) is 47.2 Å². The summed E-state index contributed by atoms with van der Waals surface area (Å²) in [6.45, 7) is 1.87. The fourth-order valence-electron chi connectivity index (χ4n) is 6.58. The third-order valence-corrected chi connectivity index (χ3v) is 8.55. The van der Waals surface area contributed by atoms with Crippen LogP contribution in [0.25, 0.3) is 11.3 Å². The molecule has 8 nitrogen and oxygen atoms in total. The number of rotatable bonds is 5. The number of likely N-dealkylation sites (tertiary alicyclic amines) is 1. The van der Waals surface area contributed by atoms with Crippen LogP contribution in [0.1, 0.15) is 55.6 Å². The lowest BCUT2D eigenvalue weighted by Gasteiger charge is -2.41. The van der Waals surface area contributed by atoms with Crippen molar-refractivity contribution in [3.05, 3.63) is 72.2 Å². The molecule has 1 aromatic heterocycles. The van der Waals surface area contributed by atoms with Crippen molar-refractivity contribution in [2.24, 2.45) is 5.92 Å². The standard InChI is InChI=1S/C30H32N4O4/c35-27-9-8-21(17-32-27)29(37)34-12-10-30(11-13-34)16-22(24-6-1-2-7-25(24)30)15-28(36)33-23-5-3-4-20(14-23)26-18-31-19-38-26/h1-7,14,18-19,21-22H,8-13,15-17H2,(H,32,35)(H,33,36). The highest BCUT2D eigenvalue weighted by molar-refractivity contribution is 5.92. The van der Waals surface area contributed by atoms with Crippen molar-refractivity contribution < 1.29 is 18.8 Å². The molecule has 38 heavy (non-hydrogen) atoms. The molecule has 2 atom stereocenters. The third kappa shape index (κ3) is 4.71. The van der Waals surface area contributed by atoms with Crippen molar-refractivity contribution >= 4 is 23.4 Å². The number of fused-ring (bicyclic) bond motifs is 2. The third-order valence-electron chi connectivity index (χ3n) is 8.55. The fourth-order valence-corrected chi connectivity index (χ4v) is 6.58. The minimum atomic E-state index is -0.114. The summed E-state index contributed by atoms with van der Waals surface area (Å²) in [5.74, 6) is 0.867. The first-order valence-corrected chi connectivity index (χ1v) is 13.4. The predicted octanol–water partition coefficient (Wildman–Crippen LogP) is 4.24. The Balaban J connectivity index is 1.11. The van der Waals surface area contributed by atoms with E-state index in [2.05, 4.69) is 39.9 Å². The van der Waals surface area contributed by atoms with Gasteiger partial charge in [0.2, 0.25) is 17.7 Å². The molecule has 2 unspecified atom stereocenters. The zero-order valence-corrected chi connectivity index (χ0v) is 21.3. The Morgan fingerprint density at radius 2 is 1.97 bits per heavy atom. The maximum absolute atomic E-state index is 13.2. The molecule has 8 heteroatoms. The molecule has 3 amide bonds. The molecule has 2 aromatic carbocycles. The number of aromatic nitrogens is 1. The van der Waals surface area contributed by atoms with E-state index in [1.807, 2.05) is 29.2 Å². The van der Waals surface area contributed by atoms with Crippen LogP contribution in [0.2, 0.25) is 0 Å². The van der Waals surface area contributed by atoms with Crippen LogP contribution >= 0.6 is 0 Å².